The van der Waals surface area contributed by atoms with Crippen molar-refractivity contribution in [2.24, 2.45) is 0 Å². The van der Waals surface area contributed by atoms with Gasteiger partial charge in [-0.2, -0.15) is 4.31 Å². The molecule has 30 heavy (non-hydrogen) atoms. The van der Waals surface area contributed by atoms with Crippen LogP contribution >= 0.6 is 15.9 Å². The van der Waals surface area contributed by atoms with Gasteiger partial charge in [0.1, 0.15) is 5.75 Å². The molecule has 0 saturated carbocycles. The minimum absolute atomic E-state index is 0.0814. The lowest BCUT2D eigenvalue weighted by atomic mass is 10.1. The van der Waals surface area contributed by atoms with E-state index in [0.29, 0.717) is 45.7 Å². The van der Waals surface area contributed by atoms with E-state index < -0.39 is 10.0 Å². The van der Waals surface area contributed by atoms with E-state index in [4.69, 9.17) is 9.47 Å². The number of benzene rings is 2. The van der Waals surface area contributed by atoms with Crippen LogP contribution in [0.3, 0.4) is 0 Å². The predicted octanol–water partition coefficient (Wildman–Crippen LogP) is 2.73. The quantitative estimate of drug-likeness (QED) is 0.607. The molecule has 0 radical (unpaired) electrons. The van der Waals surface area contributed by atoms with Gasteiger partial charge in [0.2, 0.25) is 15.9 Å². The number of nitrogens with zero attached hydrogens (tertiary/aromatic N) is 1. The molecule has 2 aromatic carbocycles. The van der Waals surface area contributed by atoms with Gasteiger partial charge in [-0.05, 0) is 42.3 Å². The summed E-state index contributed by atoms with van der Waals surface area (Å²) in [5.74, 6) is 0.637. The number of carbonyl (C=O) groups is 1. The second kappa shape index (κ2) is 10.4. The summed E-state index contributed by atoms with van der Waals surface area (Å²) in [5.41, 5.74) is 1.80. The number of morpholine rings is 1. The summed E-state index contributed by atoms with van der Waals surface area (Å²) in [6.07, 6.45) is 0.839. The maximum atomic E-state index is 12.7. The zero-order valence-electron chi connectivity index (χ0n) is 16.8. The molecule has 0 bridgehead atoms. The summed E-state index contributed by atoms with van der Waals surface area (Å²) in [6, 6.07) is 12.4. The Balaban J connectivity index is 1.52. The van der Waals surface area contributed by atoms with Crippen molar-refractivity contribution in [2.45, 2.75) is 24.3 Å². The minimum atomic E-state index is -3.50. The molecular formula is C21H25BrN2O5S. The molecule has 0 aliphatic carbocycles. The zero-order valence-corrected chi connectivity index (χ0v) is 19.2. The fourth-order valence-electron chi connectivity index (χ4n) is 3.19. The molecule has 162 valence electrons. The van der Waals surface area contributed by atoms with Gasteiger partial charge in [-0.25, -0.2) is 8.42 Å². The lowest BCUT2D eigenvalue weighted by molar-refractivity contribution is -0.121. The minimum Gasteiger partial charge on any atom is -0.496 e. The first-order chi connectivity index (χ1) is 14.4. The van der Waals surface area contributed by atoms with Crippen molar-refractivity contribution < 1.29 is 22.7 Å². The second-order valence-corrected chi connectivity index (χ2v) is 9.75. The third-order valence-electron chi connectivity index (χ3n) is 4.89. The van der Waals surface area contributed by atoms with E-state index in [-0.39, 0.29) is 10.8 Å². The van der Waals surface area contributed by atoms with Gasteiger partial charge in [0.15, 0.2) is 0 Å². The first-order valence-corrected chi connectivity index (χ1v) is 11.9. The Morgan fingerprint density at radius 3 is 2.53 bits per heavy atom. The highest BCUT2D eigenvalue weighted by molar-refractivity contribution is 9.10. The van der Waals surface area contributed by atoms with Gasteiger partial charge < -0.3 is 14.8 Å². The number of hydrogen-bond acceptors (Lipinski definition) is 5. The summed E-state index contributed by atoms with van der Waals surface area (Å²) in [6.45, 7) is 1.94. The fraction of sp³-hybridized carbons (Fsp3) is 0.381. The number of aryl methyl sites for hydroxylation is 1. The van der Waals surface area contributed by atoms with Gasteiger partial charge >= 0.3 is 0 Å². The molecule has 1 fully saturated rings. The topological polar surface area (TPSA) is 84.9 Å². The van der Waals surface area contributed by atoms with Crippen molar-refractivity contribution in [3.05, 3.63) is 58.1 Å². The monoisotopic (exact) mass is 496 g/mol. The lowest BCUT2D eigenvalue weighted by Gasteiger charge is -2.26. The van der Waals surface area contributed by atoms with E-state index in [1.165, 1.54) is 4.31 Å². The van der Waals surface area contributed by atoms with Crippen LogP contribution in [0.4, 0.5) is 0 Å². The lowest BCUT2D eigenvalue weighted by Crippen LogP contribution is -2.40. The molecule has 0 unspecified atom stereocenters. The number of sulfonamides is 1. The zero-order chi connectivity index (χ0) is 21.6. The van der Waals surface area contributed by atoms with Crippen LogP contribution in [0.15, 0.2) is 51.8 Å². The molecule has 7 nitrogen and oxygen atoms in total. The third kappa shape index (κ3) is 5.81. The summed E-state index contributed by atoms with van der Waals surface area (Å²) < 4.78 is 38.2. The molecule has 0 aromatic heterocycles. The van der Waals surface area contributed by atoms with Gasteiger partial charge in [0.25, 0.3) is 0 Å². The Kier molecular flexibility index (Phi) is 7.87. The van der Waals surface area contributed by atoms with E-state index in [2.05, 4.69) is 21.2 Å². The van der Waals surface area contributed by atoms with Crippen molar-refractivity contribution in [3.8, 4) is 5.75 Å². The van der Waals surface area contributed by atoms with Crippen LogP contribution in [0.25, 0.3) is 0 Å². The molecule has 1 N–H and O–H groups in total. The van der Waals surface area contributed by atoms with Crippen LogP contribution < -0.4 is 10.1 Å². The van der Waals surface area contributed by atoms with Gasteiger partial charge in [-0.15, -0.1) is 0 Å². The van der Waals surface area contributed by atoms with Crippen molar-refractivity contribution in [1.82, 2.24) is 9.62 Å². The van der Waals surface area contributed by atoms with Crippen molar-refractivity contribution in [3.63, 3.8) is 0 Å². The average molecular weight is 497 g/mol. The Morgan fingerprint density at radius 1 is 1.17 bits per heavy atom. The fourth-order valence-corrected chi connectivity index (χ4v) is 5.01. The molecule has 1 heterocycles. The average Bonchev–Trinajstić information content (AvgIpc) is 2.77. The van der Waals surface area contributed by atoms with E-state index in [9.17, 15) is 13.2 Å². The third-order valence-corrected chi connectivity index (χ3v) is 7.30. The molecule has 1 amide bonds. The molecule has 1 aliphatic rings. The van der Waals surface area contributed by atoms with E-state index in [1.807, 2.05) is 18.2 Å². The van der Waals surface area contributed by atoms with Crippen LogP contribution in [-0.2, 0) is 32.5 Å². The highest BCUT2D eigenvalue weighted by atomic mass is 79.9. The number of rotatable bonds is 8. The maximum absolute atomic E-state index is 12.7. The SMILES string of the molecule is COc1ccc(Br)cc1CNC(=O)CCc1ccc(S(=O)(=O)N2CCOCC2)cc1. The number of nitrogens with one attached hydrogen (secondary N) is 1. The smallest absolute Gasteiger partial charge is 0.243 e. The Labute approximate surface area is 185 Å². The summed E-state index contributed by atoms with van der Waals surface area (Å²) in [5, 5.41) is 2.90. The number of methoxy groups -OCH3 is 1. The first-order valence-electron chi connectivity index (χ1n) is 9.66. The molecule has 1 aliphatic heterocycles. The van der Waals surface area contributed by atoms with Crippen LogP contribution in [0.2, 0.25) is 0 Å². The second-order valence-electron chi connectivity index (χ2n) is 6.89. The summed E-state index contributed by atoms with van der Waals surface area (Å²) in [4.78, 5) is 12.5. The van der Waals surface area contributed by atoms with E-state index in [1.54, 1.807) is 31.4 Å². The first kappa shape index (κ1) is 22.7. The molecular weight excluding hydrogens is 472 g/mol. The van der Waals surface area contributed by atoms with Crippen molar-refractivity contribution >= 4 is 31.9 Å². The molecule has 0 atom stereocenters. The van der Waals surface area contributed by atoms with Crippen molar-refractivity contribution in [2.75, 3.05) is 33.4 Å². The number of halogens is 1. The standard InChI is InChI=1S/C21H25BrN2O5S/c1-28-20-8-5-18(22)14-17(20)15-23-21(25)9-4-16-2-6-19(7-3-16)30(26,27)24-10-12-29-13-11-24/h2-3,5-8,14H,4,9-13,15H2,1H3,(H,23,25). The van der Waals surface area contributed by atoms with Gasteiger partial charge in [-0.1, -0.05) is 28.1 Å². The van der Waals surface area contributed by atoms with Gasteiger partial charge in [0.05, 0.1) is 25.2 Å². The summed E-state index contributed by atoms with van der Waals surface area (Å²) >= 11 is 3.42. The van der Waals surface area contributed by atoms with Gasteiger partial charge in [-0.3, -0.25) is 4.79 Å². The van der Waals surface area contributed by atoms with E-state index in [0.717, 1.165) is 21.3 Å². The normalized spacial score (nSPS) is 15.0. The van der Waals surface area contributed by atoms with Crippen LogP contribution in [0.5, 0.6) is 5.75 Å². The molecule has 0 spiro atoms. The maximum Gasteiger partial charge on any atom is 0.243 e. The Bertz CT molecular complexity index is 973. The van der Waals surface area contributed by atoms with Crippen LogP contribution in [0, 0.1) is 0 Å². The van der Waals surface area contributed by atoms with Gasteiger partial charge in [0, 0.05) is 36.1 Å². The number of amides is 1. The number of hydrogen-bond donors (Lipinski definition) is 1. The van der Waals surface area contributed by atoms with E-state index >= 15 is 0 Å². The highest BCUT2D eigenvalue weighted by Crippen LogP contribution is 2.23. The molecule has 1 saturated heterocycles. The number of carbonyl (C=O) groups excluding carboxylic acids is 1. The predicted molar refractivity (Wildman–Crippen MR) is 117 cm³/mol. The molecule has 3 rings (SSSR count). The highest BCUT2D eigenvalue weighted by Gasteiger charge is 2.26. The summed E-state index contributed by atoms with van der Waals surface area (Å²) in [7, 11) is -1.91. The number of ether oxygens (including phenoxy) is 2. The largest absolute Gasteiger partial charge is 0.496 e. The Hall–Kier alpha value is -1.94. The molecule has 2 aromatic rings. The van der Waals surface area contributed by atoms with Crippen LogP contribution in [-0.4, -0.2) is 52.0 Å². The van der Waals surface area contributed by atoms with Crippen molar-refractivity contribution in [1.29, 1.82) is 0 Å². The van der Waals surface area contributed by atoms with Crippen LogP contribution in [0.1, 0.15) is 17.5 Å². The Morgan fingerprint density at radius 2 is 1.87 bits per heavy atom. The molecule has 9 heteroatoms.